The fourth-order valence-electron chi connectivity index (χ4n) is 0.833. The Balaban J connectivity index is 0.0000001000. The molecule has 10 heavy (non-hydrogen) atoms. The van der Waals surface area contributed by atoms with Gasteiger partial charge < -0.3 is 10.6 Å². The van der Waals surface area contributed by atoms with E-state index in [0.29, 0.717) is 0 Å². The molecule has 0 atom stereocenters. The molecule has 0 aromatic rings. The van der Waals surface area contributed by atoms with Crippen LogP contribution in [0, 0.1) is 0 Å². The summed E-state index contributed by atoms with van der Waals surface area (Å²) in [6.07, 6.45) is 10.6. The van der Waals surface area contributed by atoms with E-state index in [-0.39, 0.29) is 0 Å². The molecule has 2 heteroatoms. The molecule has 56 valence electrons. The zero-order valence-electron chi connectivity index (χ0n) is 6.14. The normalized spacial score (nSPS) is 19.2. The van der Waals surface area contributed by atoms with Gasteiger partial charge in [-0.25, -0.2) is 0 Å². The van der Waals surface area contributed by atoms with Crippen molar-refractivity contribution >= 4 is 0 Å². The highest BCUT2D eigenvalue weighted by Crippen LogP contribution is 1.84. The van der Waals surface area contributed by atoms with E-state index >= 15 is 0 Å². The zero-order chi connectivity index (χ0) is 7.07. The maximum Gasteiger partial charge on any atom is 0.0176 e. The minimum absolute atomic E-state index is 1.14. The van der Waals surface area contributed by atoms with Gasteiger partial charge in [0.25, 0.3) is 0 Å². The lowest BCUT2D eigenvalue weighted by Crippen LogP contribution is -1.96. The second-order valence-electron chi connectivity index (χ2n) is 2.29. The maximum atomic E-state index is 3.04. The van der Waals surface area contributed by atoms with Gasteiger partial charge in [-0.15, -0.1) is 0 Å². The molecular weight excluding hydrogens is 124 g/mol. The summed E-state index contributed by atoms with van der Waals surface area (Å²) in [7, 11) is 0. The average molecular weight is 138 g/mol. The molecule has 2 aliphatic rings. The molecule has 2 heterocycles. The summed E-state index contributed by atoms with van der Waals surface area (Å²) in [6, 6.07) is 0. The number of rotatable bonds is 0. The van der Waals surface area contributed by atoms with Crippen molar-refractivity contribution in [2.75, 3.05) is 13.1 Å². The van der Waals surface area contributed by atoms with Gasteiger partial charge in [-0.1, -0.05) is 12.2 Å². The maximum absolute atomic E-state index is 3.04. The molecule has 2 rings (SSSR count). The van der Waals surface area contributed by atoms with Crippen LogP contribution in [0.2, 0.25) is 0 Å². The van der Waals surface area contributed by atoms with Gasteiger partial charge in [-0.3, -0.25) is 0 Å². The quantitative estimate of drug-likeness (QED) is 0.521. The number of hydrogen-bond acceptors (Lipinski definition) is 2. The van der Waals surface area contributed by atoms with E-state index in [9.17, 15) is 0 Å². The third-order valence-electron chi connectivity index (χ3n) is 1.38. The van der Waals surface area contributed by atoms with Gasteiger partial charge in [0, 0.05) is 13.1 Å². The molecule has 0 saturated heterocycles. The molecule has 2 aliphatic heterocycles. The second kappa shape index (κ2) is 4.91. The van der Waals surface area contributed by atoms with Gasteiger partial charge in [0.05, 0.1) is 0 Å². The minimum Gasteiger partial charge on any atom is -0.391 e. The molecule has 2 N–H and O–H groups in total. The van der Waals surface area contributed by atoms with E-state index in [4.69, 9.17) is 0 Å². The average Bonchev–Trinajstić information content (AvgIpc) is 2.67. The Bertz CT molecular complexity index is 99.2. The fourth-order valence-corrected chi connectivity index (χ4v) is 0.833. The van der Waals surface area contributed by atoms with Crippen LogP contribution in [-0.2, 0) is 0 Å². The first-order valence-electron chi connectivity index (χ1n) is 3.77. The van der Waals surface area contributed by atoms with E-state index in [1.165, 1.54) is 12.8 Å². The minimum atomic E-state index is 1.14. The first-order valence-corrected chi connectivity index (χ1v) is 3.77. The highest BCUT2D eigenvalue weighted by Gasteiger charge is 1.82. The predicted molar refractivity (Wildman–Crippen MR) is 43.5 cm³/mol. The van der Waals surface area contributed by atoms with Crippen molar-refractivity contribution < 1.29 is 0 Å². The largest absolute Gasteiger partial charge is 0.391 e. The lowest BCUT2D eigenvalue weighted by molar-refractivity contribution is 0.917. The van der Waals surface area contributed by atoms with Crippen molar-refractivity contribution in [2.24, 2.45) is 0 Å². The Kier molecular flexibility index (Phi) is 3.53. The highest BCUT2D eigenvalue weighted by atomic mass is 14.8. The molecule has 0 amide bonds. The lowest BCUT2D eigenvalue weighted by atomic mass is 10.5. The summed E-state index contributed by atoms with van der Waals surface area (Å²) in [5.41, 5.74) is 0. The van der Waals surface area contributed by atoms with Crippen LogP contribution in [0.25, 0.3) is 0 Å². The van der Waals surface area contributed by atoms with Gasteiger partial charge >= 0.3 is 0 Å². The Labute approximate surface area is 62.0 Å². The first-order chi connectivity index (χ1) is 5.00. The Morgan fingerprint density at radius 1 is 0.800 bits per heavy atom. The summed E-state index contributed by atoms with van der Waals surface area (Å²) in [6.45, 7) is 2.28. The molecular formula is C8H14N2. The van der Waals surface area contributed by atoms with Gasteiger partial charge in [0.15, 0.2) is 0 Å². The third-order valence-corrected chi connectivity index (χ3v) is 1.38. The van der Waals surface area contributed by atoms with E-state index in [1.807, 2.05) is 12.4 Å². The standard InChI is InChI=1S/2C4H7N/c2*1-2-4-5-3-1/h2*1,3,5H,2,4H2. The Hall–Kier alpha value is -0.920. The predicted octanol–water partition coefficient (Wildman–Crippen LogP) is 0.987. The molecule has 0 aromatic carbocycles. The molecule has 0 radical (unpaired) electrons. The van der Waals surface area contributed by atoms with Crippen LogP contribution in [0.3, 0.4) is 0 Å². The van der Waals surface area contributed by atoms with E-state index in [0.717, 1.165) is 13.1 Å². The smallest absolute Gasteiger partial charge is 0.0176 e. The monoisotopic (exact) mass is 138 g/mol. The van der Waals surface area contributed by atoms with E-state index < -0.39 is 0 Å². The summed E-state index contributed by atoms with van der Waals surface area (Å²) in [4.78, 5) is 0. The topological polar surface area (TPSA) is 24.1 Å². The fraction of sp³-hybridized carbons (Fsp3) is 0.500. The molecule has 0 fully saturated rings. The highest BCUT2D eigenvalue weighted by molar-refractivity contribution is 4.87. The van der Waals surface area contributed by atoms with Gasteiger partial charge in [-0.05, 0) is 25.2 Å². The van der Waals surface area contributed by atoms with Crippen molar-refractivity contribution in [2.45, 2.75) is 12.8 Å². The SMILES string of the molecule is C1=CNCC1.C1=CNCC1. The van der Waals surface area contributed by atoms with Crippen molar-refractivity contribution in [1.82, 2.24) is 10.6 Å². The van der Waals surface area contributed by atoms with Crippen molar-refractivity contribution in [3.8, 4) is 0 Å². The molecule has 2 nitrogen and oxygen atoms in total. The van der Waals surface area contributed by atoms with Gasteiger partial charge in [0.1, 0.15) is 0 Å². The number of hydrogen-bond donors (Lipinski definition) is 2. The number of nitrogens with one attached hydrogen (secondary N) is 2. The molecule has 0 bridgehead atoms. The third kappa shape index (κ3) is 3.17. The van der Waals surface area contributed by atoms with Gasteiger partial charge in [-0.2, -0.15) is 0 Å². The van der Waals surface area contributed by atoms with Crippen LogP contribution in [0.5, 0.6) is 0 Å². The van der Waals surface area contributed by atoms with E-state index in [1.54, 1.807) is 0 Å². The van der Waals surface area contributed by atoms with Crippen molar-refractivity contribution in [1.29, 1.82) is 0 Å². The summed E-state index contributed by atoms with van der Waals surface area (Å²) < 4.78 is 0. The van der Waals surface area contributed by atoms with Crippen molar-refractivity contribution in [3.63, 3.8) is 0 Å². The van der Waals surface area contributed by atoms with Crippen LogP contribution < -0.4 is 10.6 Å². The molecule has 0 spiro atoms. The van der Waals surface area contributed by atoms with Gasteiger partial charge in [0.2, 0.25) is 0 Å². The van der Waals surface area contributed by atoms with Crippen LogP contribution in [-0.4, -0.2) is 13.1 Å². The Morgan fingerprint density at radius 3 is 1.40 bits per heavy atom. The lowest BCUT2D eigenvalue weighted by Gasteiger charge is -1.78. The molecule has 0 unspecified atom stereocenters. The van der Waals surface area contributed by atoms with Crippen molar-refractivity contribution in [3.05, 3.63) is 24.6 Å². The van der Waals surface area contributed by atoms with Crippen LogP contribution in [0.1, 0.15) is 12.8 Å². The zero-order valence-corrected chi connectivity index (χ0v) is 6.14. The second-order valence-corrected chi connectivity index (χ2v) is 2.29. The molecule has 0 aliphatic carbocycles. The van der Waals surface area contributed by atoms with Crippen LogP contribution in [0.4, 0.5) is 0 Å². The summed E-state index contributed by atoms with van der Waals surface area (Å²) >= 11 is 0. The van der Waals surface area contributed by atoms with Crippen LogP contribution >= 0.6 is 0 Å². The van der Waals surface area contributed by atoms with Crippen LogP contribution in [0.15, 0.2) is 24.6 Å². The molecule has 0 aromatic heterocycles. The first kappa shape index (κ1) is 7.19. The van der Waals surface area contributed by atoms with E-state index in [2.05, 4.69) is 22.8 Å². The summed E-state index contributed by atoms with van der Waals surface area (Å²) in [5, 5.41) is 6.08. The molecule has 0 saturated carbocycles. The Morgan fingerprint density at radius 2 is 1.30 bits per heavy atom. The summed E-state index contributed by atoms with van der Waals surface area (Å²) in [5.74, 6) is 0.